The maximum atomic E-state index is 5.54. The minimum Gasteiger partial charge on any atom is -0.271 e. The number of aryl methyl sites for hydroxylation is 1. The Labute approximate surface area is 98.5 Å². The van der Waals surface area contributed by atoms with Crippen LogP contribution in [0, 0.1) is 0 Å². The molecule has 6 heteroatoms. The highest BCUT2D eigenvalue weighted by molar-refractivity contribution is 9.10. The molecule has 15 heavy (non-hydrogen) atoms. The Morgan fingerprint density at radius 2 is 2.27 bits per heavy atom. The summed E-state index contributed by atoms with van der Waals surface area (Å²) in [5.74, 6) is 5.54. The van der Waals surface area contributed by atoms with Crippen molar-refractivity contribution in [2.45, 2.75) is 38.6 Å². The van der Waals surface area contributed by atoms with Crippen LogP contribution in [0.2, 0.25) is 0 Å². The topological polar surface area (TPSA) is 68.8 Å². The van der Waals surface area contributed by atoms with Crippen molar-refractivity contribution in [2.24, 2.45) is 12.9 Å². The number of halogens is 1. The fraction of sp³-hybridized carbons (Fsp3) is 0.778. The van der Waals surface area contributed by atoms with Gasteiger partial charge in [-0.15, -0.1) is 5.10 Å². The third kappa shape index (κ3) is 3.25. The number of nitrogens with one attached hydrogen (secondary N) is 1. The monoisotopic (exact) mass is 275 g/mol. The molecule has 0 saturated heterocycles. The van der Waals surface area contributed by atoms with Crippen molar-refractivity contribution >= 4 is 15.9 Å². The first-order chi connectivity index (χ1) is 7.20. The molecule has 3 N–H and O–H groups in total. The van der Waals surface area contributed by atoms with Crippen molar-refractivity contribution in [1.29, 1.82) is 0 Å². The highest BCUT2D eigenvalue weighted by atomic mass is 79.9. The van der Waals surface area contributed by atoms with E-state index < -0.39 is 0 Å². The summed E-state index contributed by atoms with van der Waals surface area (Å²) in [6.45, 7) is 2.19. The van der Waals surface area contributed by atoms with Gasteiger partial charge in [-0.25, -0.2) is 4.68 Å². The predicted molar refractivity (Wildman–Crippen MR) is 62.9 cm³/mol. The second kappa shape index (κ2) is 6.19. The molecule has 0 radical (unpaired) electrons. The van der Waals surface area contributed by atoms with Crippen LogP contribution >= 0.6 is 15.9 Å². The number of hydrogen-bond donors (Lipinski definition) is 2. The van der Waals surface area contributed by atoms with Crippen LogP contribution in [0.15, 0.2) is 4.60 Å². The number of hydrazine groups is 1. The Morgan fingerprint density at radius 1 is 1.53 bits per heavy atom. The van der Waals surface area contributed by atoms with Crippen LogP contribution in [-0.2, 0) is 7.05 Å². The minimum absolute atomic E-state index is 0.117. The van der Waals surface area contributed by atoms with Gasteiger partial charge < -0.3 is 0 Å². The zero-order valence-corrected chi connectivity index (χ0v) is 10.8. The molecule has 1 aromatic heterocycles. The maximum Gasteiger partial charge on any atom is 0.153 e. The highest BCUT2D eigenvalue weighted by Gasteiger charge is 2.18. The lowest BCUT2D eigenvalue weighted by Gasteiger charge is -2.15. The Kier molecular flexibility index (Phi) is 5.21. The van der Waals surface area contributed by atoms with E-state index in [-0.39, 0.29) is 6.04 Å². The lowest BCUT2D eigenvalue weighted by atomic mass is 10.1. The molecule has 0 aliphatic rings. The molecule has 0 fully saturated rings. The van der Waals surface area contributed by atoms with E-state index in [1.54, 1.807) is 4.68 Å². The van der Waals surface area contributed by atoms with Gasteiger partial charge in [0.25, 0.3) is 0 Å². The van der Waals surface area contributed by atoms with Crippen molar-refractivity contribution in [3.63, 3.8) is 0 Å². The van der Waals surface area contributed by atoms with Crippen molar-refractivity contribution < 1.29 is 0 Å². The van der Waals surface area contributed by atoms with Crippen LogP contribution in [0.3, 0.4) is 0 Å². The first-order valence-corrected chi connectivity index (χ1v) is 6.01. The molecule has 0 aromatic carbocycles. The summed E-state index contributed by atoms with van der Waals surface area (Å²) in [7, 11) is 1.87. The smallest absolute Gasteiger partial charge is 0.153 e. The normalized spacial score (nSPS) is 13.1. The lowest BCUT2D eigenvalue weighted by molar-refractivity contribution is 0.456. The Hall–Kier alpha value is -0.460. The Morgan fingerprint density at radius 3 is 2.73 bits per heavy atom. The minimum atomic E-state index is 0.117. The number of nitrogens with two attached hydrogens (primary N) is 1. The summed E-state index contributed by atoms with van der Waals surface area (Å²) < 4.78 is 2.52. The van der Waals surface area contributed by atoms with Gasteiger partial charge >= 0.3 is 0 Å². The quantitative estimate of drug-likeness (QED) is 0.471. The van der Waals surface area contributed by atoms with E-state index in [9.17, 15) is 0 Å². The molecule has 0 bridgehead atoms. The zero-order chi connectivity index (χ0) is 11.3. The third-order valence-electron chi connectivity index (χ3n) is 2.45. The zero-order valence-electron chi connectivity index (χ0n) is 9.20. The number of unbranched alkanes of at least 4 members (excludes halogenated alkanes) is 2. The van der Waals surface area contributed by atoms with Crippen LogP contribution in [-0.4, -0.2) is 15.0 Å². The van der Waals surface area contributed by atoms with Crippen LogP contribution in [0.1, 0.15) is 44.3 Å². The van der Waals surface area contributed by atoms with Gasteiger partial charge in [0.15, 0.2) is 4.60 Å². The highest BCUT2D eigenvalue weighted by Crippen LogP contribution is 2.24. The van der Waals surface area contributed by atoms with E-state index in [1.807, 2.05) is 7.05 Å². The van der Waals surface area contributed by atoms with Crippen LogP contribution in [0.4, 0.5) is 0 Å². The predicted octanol–water partition coefficient (Wildman–Crippen LogP) is 1.66. The van der Waals surface area contributed by atoms with Gasteiger partial charge in [-0.2, -0.15) is 0 Å². The Balaban J connectivity index is 2.65. The molecule has 5 nitrogen and oxygen atoms in total. The molecule has 1 heterocycles. The largest absolute Gasteiger partial charge is 0.271 e. The van der Waals surface area contributed by atoms with Gasteiger partial charge in [-0.3, -0.25) is 11.3 Å². The standard InChI is InChI=1S/C9H18BrN5/c1-3-4-5-6-7(12-11)8-9(10)13-14-15(8)2/h7,12H,3-6,11H2,1-2H3. The molecule has 0 spiro atoms. The van der Waals surface area contributed by atoms with Crippen LogP contribution in [0.5, 0.6) is 0 Å². The molecular formula is C9H18BrN5. The van der Waals surface area contributed by atoms with E-state index in [2.05, 4.69) is 38.6 Å². The summed E-state index contributed by atoms with van der Waals surface area (Å²) in [5.41, 5.74) is 3.82. The van der Waals surface area contributed by atoms with Gasteiger partial charge in [-0.05, 0) is 22.4 Å². The maximum absolute atomic E-state index is 5.54. The average molecular weight is 276 g/mol. The van der Waals surface area contributed by atoms with E-state index in [1.165, 1.54) is 12.8 Å². The van der Waals surface area contributed by atoms with Crippen LogP contribution in [0.25, 0.3) is 0 Å². The van der Waals surface area contributed by atoms with Crippen LogP contribution < -0.4 is 11.3 Å². The van der Waals surface area contributed by atoms with E-state index in [0.29, 0.717) is 0 Å². The van der Waals surface area contributed by atoms with Crippen molar-refractivity contribution in [1.82, 2.24) is 20.4 Å². The summed E-state index contributed by atoms with van der Waals surface area (Å²) in [6.07, 6.45) is 4.59. The van der Waals surface area contributed by atoms with Gasteiger partial charge in [0.1, 0.15) is 0 Å². The summed E-state index contributed by atoms with van der Waals surface area (Å²) in [5, 5.41) is 7.88. The third-order valence-corrected chi connectivity index (χ3v) is 3.02. The SMILES string of the molecule is CCCCCC(NN)c1c(Br)nnn1C. The lowest BCUT2D eigenvalue weighted by Crippen LogP contribution is -2.29. The van der Waals surface area contributed by atoms with Gasteiger partial charge in [0.2, 0.25) is 0 Å². The molecule has 1 rings (SSSR count). The first kappa shape index (κ1) is 12.6. The second-order valence-corrected chi connectivity index (χ2v) is 4.36. The van der Waals surface area contributed by atoms with Gasteiger partial charge in [0, 0.05) is 7.05 Å². The molecule has 0 amide bonds. The summed E-state index contributed by atoms with van der Waals surface area (Å²) >= 11 is 3.38. The van der Waals surface area contributed by atoms with Crippen molar-refractivity contribution in [2.75, 3.05) is 0 Å². The fourth-order valence-corrected chi connectivity index (χ4v) is 2.21. The number of rotatable bonds is 6. The molecule has 1 unspecified atom stereocenters. The number of nitrogens with zero attached hydrogens (tertiary/aromatic N) is 3. The molecule has 1 atom stereocenters. The van der Waals surface area contributed by atoms with Gasteiger partial charge in [0.05, 0.1) is 11.7 Å². The fourth-order valence-electron chi connectivity index (χ4n) is 1.61. The van der Waals surface area contributed by atoms with E-state index in [0.717, 1.165) is 23.1 Å². The second-order valence-electron chi connectivity index (χ2n) is 3.60. The summed E-state index contributed by atoms with van der Waals surface area (Å²) in [6, 6.07) is 0.117. The summed E-state index contributed by atoms with van der Waals surface area (Å²) in [4.78, 5) is 0. The number of hydrogen-bond acceptors (Lipinski definition) is 4. The number of aromatic nitrogens is 3. The van der Waals surface area contributed by atoms with Gasteiger partial charge in [-0.1, -0.05) is 31.4 Å². The van der Waals surface area contributed by atoms with E-state index >= 15 is 0 Å². The first-order valence-electron chi connectivity index (χ1n) is 5.21. The van der Waals surface area contributed by atoms with E-state index in [4.69, 9.17) is 5.84 Å². The molecule has 86 valence electrons. The molecule has 1 aromatic rings. The molecule has 0 aliphatic carbocycles. The average Bonchev–Trinajstić information content (AvgIpc) is 2.55. The van der Waals surface area contributed by atoms with Crippen molar-refractivity contribution in [3.05, 3.63) is 10.3 Å². The molecule has 0 aliphatic heterocycles. The molecule has 0 saturated carbocycles. The Bertz CT molecular complexity index is 279. The van der Waals surface area contributed by atoms with Crippen molar-refractivity contribution in [3.8, 4) is 0 Å². The molecular weight excluding hydrogens is 258 g/mol.